The van der Waals surface area contributed by atoms with Crippen LogP contribution in [-0.4, -0.2) is 37.4 Å². The molecule has 0 aromatic heterocycles. The smallest absolute Gasteiger partial charge is 0.323 e. The summed E-state index contributed by atoms with van der Waals surface area (Å²) in [6.45, 7) is 5.10. The average Bonchev–Trinajstić information content (AvgIpc) is 2.11. The molecule has 2 N–H and O–H groups in total. The zero-order valence-electron chi connectivity index (χ0n) is 8.54. The molecule has 0 bridgehead atoms. The minimum atomic E-state index is -0.856. The van der Waals surface area contributed by atoms with Crippen molar-refractivity contribution in [2.24, 2.45) is 5.92 Å². The Balaban J connectivity index is 3.75. The summed E-state index contributed by atoms with van der Waals surface area (Å²) in [5.74, 6) is -0.358. The number of hydrogen-bond acceptors (Lipinski definition) is 3. The molecule has 0 aliphatic rings. The van der Waals surface area contributed by atoms with Crippen molar-refractivity contribution in [2.75, 3.05) is 20.3 Å². The molecule has 78 valence electrons. The number of carbonyl (C=O) groups is 1. The Morgan fingerprint density at radius 2 is 2.23 bits per heavy atom. The van der Waals surface area contributed by atoms with Gasteiger partial charge in [-0.05, 0) is 12.5 Å². The van der Waals surface area contributed by atoms with Crippen LogP contribution in [0.1, 0.15) is 20.3 Å². The number of methoxy groups -OCH3 is 1. The van der Waals surface area contributed by atoms with E-state index in [1.54, 1.807) is 0 Å². The number of carboxylic acids is 1. The Morgan fingerprint density at radius 1 is 1.62 bits per heavy atom. The molecule has 0 aliphatic carbocycles. The van der Waals surface area contributed by atoms with Gasteiger partial charge in [-0.15, -0.1) is 0 Å². The number of carboxylic acid groups (broad SMARTS) is 1. The first-order valence-electron chi connectivity index (χ1n) is 4.56. The van der Waals surface area contributed by atoms with E-state index in [2.05, 4.69) is 19.2 Å². The molecule has 0 rings (SSSR count). The zero-order valence-corrected chi connectivity index (χ0v) is 8.54. The van der Waals surface area contributed by atoms with E-state index in [1.807, 2.05) is 0 Å². The maximum atomic E-state index is 10.6. The second kappa shape index (κ2) is 6.86. The standard InChI is InChI=1S/C9H19NO3/c1-4-7(2)5-10-8(6-13-3)9(11)12/h7-8,10H,4-6H2,1-3H3,(H,11,12). The summed E-state index contributed by atoms with van der Waals surface area (Å²) in [6.07, 6.45) is 1.05. The summed E-state index contributed by atoms with van der Waals surface area (Å²) in [5.41, 5.74) is 0. The van der Waals surface area contributed by atoms with Gasteiger partial charge in [0.1, 0.15) is 6.04 Å². The minimum absolute atomic E-state index is 0.214. The normalized spacial score (nSPS) is 15.3. The predicted molar refractivity (Wildman–Crippen MR) is 50.8 cm³/mol. The van der Waals surface area contributed by atoms with Crippen LogP contribution >= 0.6 is 0 Å². The van der Waals surface area contributed by atoms with Crippen LogP contribution in [0.4, 0.5) is 0 Å². The monoisotopic (exact) mass is 189 g/mol. The van der Waals surface area contributed by atoms with Crippen LogP contribution in [-0.2, 0) is 9.53 Å². The third kappa shape index (κ3) is 5.60. The maximum absolute atomic E-state index is 10.6. The van der Waals surface area contributed by atoms with Gasteiger partial charge in [0.15, 0.2) is 0 Å². The first-order valence-corrected chi connectivity index (χ1v) is 4.56. The van der Waals surface area contributed by atoms with Crippen LogP contribution in [0.2, 0.25) is 0 Å². The fourth-order valence-corrected chi connectivity index (χ4v) is 0.872. The van der Waals surface area contributed by atoms with E-state index in [-0.39, 0.29) is 6.61 Å². The molecular formula is C9H19NO3. The quantitative estimate of drug-likeness (QED) is 0.619. The highest BCUT2D eigenvalue weighted by molar-refractivity contribution is 5.73. The van der Waals surface area contributed by atoms with Gasteiger partial charge in [0, 0.05) is 7.11 Å². The van der Waals surface area contributed by atoms with E-state index in [1.165, 1.54) is 7.11 Å². The third-order valence-electron chi connectivity index (χ3n) is 2.04. The molecular weight excluding hydrogens is 170 g/mol. The van der Waals surface area contributed by atoms with E-state index in [0.29, 0.717) is 5.92 Å². The lowest BCUT2D eigenvalue weighted by molar-refractivity contribution is -0.140. The van der Waals surface area contributed by atoms with Gasteiger partial charge in [-0.2, -0.15) is 0 Å². The number of rotatable bonds is 7. The second-order valence-corrected chi connectivity index (χ2v) is 3.27. The Bertz CT molecular complexity index is 150. The van der Waals surface area contributed by atoms with Crippen molar-refractivity contribution in [3.63, 3.8) is 0 Å². The van der Waals surface area contributed by atoms with E-state index in [4.69, 9.17) is 9.84 Å². The van der Waals surface area contributed by atoms with Crippen molar-refractivity contribution < 1.29 is 14.6 Å². The molecule has 0 aromatic carbocycles. The Labute approximate surface area is 79.3 Å². The predicted octanol–water partition coefficient (Wildman–Crippen LogP) is 0.722. The Morgan fingerprint density at radius 3 is 2.62 bits per heavy atom. The van der Waals surface area contributed by atoms with Gasteiger partial charge in [0.25, 0.3) is 0 Å². The lowest BCUT2D eigenvalue weighted by Crippen LogP contribution is -2.42. The molecule has 0 fully saturated rings. The molecule has 4 heteroatoms. The van der Waals surface area contributed by atoms with Crippen LogP contribution in [0.15, 0.2) is 0 Å². The summed E-state index contributed by atoms with van der Waals surface area (Å²) >= 11 is 0. The first kappa shape index (κ1) is 12.4. The largest absolute Gasteiger partial charge is 0.480 e. The fourth-order valence-electron chi connectivity index (χ4n) is 0.872. The lowest BCUT2D eigenvalue weighted by Gasteiger charge is -2.16. The summed E-state index contributed by atoms with van der Waals surface area (Å²) < 4.78 is 4.79. The number of hydrogen-bond donors (Lipinski definition) is 2. The highest BCUT2D eigenvalue weighted by Gasteiger charge is 2.16. The first-order chi connectivity index (χ1) is 6.11. The van der Waals surface area contributed by atoms with Crippen LogP contribution in [0.5, 0.6) is 0 Å². The van der Waals surface area contributed by atoms with E-state index in [0.717, 1.165) is 13.0 Å². The molecule has 0 heterocycles. The van der Waals surface area contributed by atoms with Gasteiger partial charge in [-0.25, -0.2) is 0 Å². The van der Waals surface area contributed by atoms with E-state index < -0.39 is 12.0 Å². The molecule has 13 heavy (non-hydrogen) atoms. The Hall–Kier alpha value is -0.610. The van der Waals surface area contributed by atoms with Gasteiger partial charge >= 0.3 is 5.97 Å². The van der Waals surface area contributed by atoms with Crippen LogP contribution in [0.3, 0.4) is 0 Å². The zero-order chi connectivity index (χ0) is 10.3. The molecule has 0 radical (unpaired) electrons. The molecule has 4 nitrogen and oxygen atoms in total. The highest BCUT2D eigenvalue weighted by atomic mass is 16.5. The number of nitrogens with one attached hydrogen (secondary N) is 1. The molecule has 0 spiro atoms. The van der Waals surface area contributed by atoms with E-state index in [9.17, 15) is 4.79 Å². The maximum Gasteiger partial charge on any atom is 0.323 e. The Kier molecular flexibility index (Phi) is 6.54. The van der Waals surface area contributed by atoms with Gasteiger partial charge in [-0.3, -0.25) is 4.79 Å². The van der Waals surface area contributed by atoms with Crippen molar-refractivity contribution in [3.05, 3.63) is 0 Å². The highest BCUT2D eigenvalue weighted by Crippen LogP contribution is 1.98. The van der Waals surface area contributed by atoms with E-state index >= 15 is 0 Å². The average molecular weight is 189 g/mol. The summed E-state index contributed by atoms with van der Waals surface area (Å²) in [5, 5.41) is 11.7. The molecule has 2 unspecified atom stereocenters. The van der Waals surface area contributed by atoms with Gasteiger partial charge in [0.05, 0.1) is 6.61 Å². The van der Waals surface area contributed by atoms with Crippen molar-refractivity contribution in [2.45, 2.75) is 26.3 Å². The third-order valence-corrected chi connectivity index (χ3v) is 2.04. The summed E-state index contributed by atoms with van der Waals surface area (Å²) in [6, 6.07) is -0.584. The van der Waals surface area contributed by atoms with Crippen LogP contribution < -0.4 is 5.32 Å². The topological polar surface area (TPSA) is 58.6 Å². The number of ether oxygens (including phenoxy) is 1. The van der Waals surface area contributed by atoms with Crippen molar-refractivity contribution in [1.82, 2.24) is 5.32 Å². The molecule has 0 aliphatic heterocycles. The minimum Gasteiger partial charge on any atom is -0.480 e. The molecule has 0 aromatic rings. The fraction of sp³-hybridized carbons (Fsp3) is 0.889. The molecule has 2 atom stereocenters. The van der Waals surface area contributed by atoms with Crippen LogP contribution in [0, 0.1) is 5.92 Å². The van der Waals surface area contributed by atoms with Crippen LogP contribution in [0.25, 0.3) is 0 Å². The molecule has 0 amide bonds. The van der Waals surface area contributed by atoms with Crippen molar-refractivity contribution in [1.29, 1.82) is 0 Å². The van der Waals surface area contributed by atoms with Gasteiger partial charge in [0.2, 0.25) is 0 Å². The molecule has 0 saturated carbocycles. The van der Waals surface area contributed by atoms with Gasteiger partial charge < -0.3 is 15.2 Å². The second-order valence-electron chi connectivity index (χ2n) is 3.27. The lowest BCUT2D eigenvalue weighted by atomic mass is 10.1. The summed E-state index contributed by atoms with van der Waals surface area (Å²) in [7, 11) is 1.50. The summed E-state index contributed by atoms with van der Waals surface area (Å²) in [4.78, 5) is 10.6. The van der Waals surface area contributed by atoms with Crippen molar-refractivity contribution >= 4 is 5.97 Å². The van der Waals surface area contributed by atoms with Gasteiger partial charge in [-0.1, -0.05) is 20.3 Å². The van der Waals surface area contributed by atoms with Crippen molar-refractivity contribution in [3.8, 4) is 0 Å². The number of aliphatic carboxylic acids is 1. The molecule has 0 saturated heterocycles. The SMILES string of the molecule is CCC(C)CNC(COC)C(=O)O.